The zero-order valence-electron chi connectivity index (χ0n) is 11.7. The molecule has 1 aromatic carbocycles. The molecule has 1 N–H and O–H groups in total. The second-order valence-corrected chi connectivity index (χ2v) is 6.48. The van der Waals surface area contributed by atoms with Gasteiger partial charge in [0.05, 0.1) is 6.42 Å². The van der Waals surface area contributed by atoms with Crippen molar-refractivity contribution in [2.24, 2.45) is 0 Å². The predicted molar refractivity (Wildman–Crippen MR) is 83.2 cm³/mol. The molecule has 3 rings (SSSR count). The van der Waals surface area contributed by atoms with E-state index in [-0.39, 0.29) is 5.91 Å². The summed E-state index contributed by atoms with van der Waals surface area (Å²) in [4.78, 5) is 15.6. The Morgan fingerprint density at radius 2 is 2.05 bits per heavy atom. The first-order chi connectivity index (χ1) is 9.70. The molecule has 3 nitrogen and oxygen atoms in total. The smallest absolute Gasteiger partial charge is 0.224 e. The van der Waals surface area contributed by atoms with E-state index < -0.39 is 0 Å². The highest BCUT2D eigenvalue weighted by Crippen LogP contribution is 2.26. The molecule has 0 aliphatic carbocycles. The van der Waals surface area contributed by atoms with Gasteiger partial charge in [-0.3, -0.25) is 4.79 Å². The summed E-state index contributed by atoms with van der Waals surface area (Å²) in [6.07, 6.45) is 5.31. The van der Waals surface area contributed by atoms with Gasteiger partial charge in [-0.25, -0.2) is 0 Å². The Bertz CT molecular complexity index is 474. The first-order valence-corrected chi connectivity index (χ1v) is 7.97. The lowest BCUT2D eigenvalue weighted by Gasteiger charge is -2.35. The molecule has 1 aromatic rings. The molecule has 2 aliphatic heterocycles. The summed E-state index contributed by atoms with van der Waals surface area (Å²) in [7, 11) is 0. The third kappa shape index (κ3) is 3.36. The maximum Gasteiger partial charge on any atom is 0.224 e. The van der Waals surface area contributed by atoms with Crippen LogP contribution < -0.4 is 5.32 Å². The van der Waals surface area contributed by atoms with Crippen LogP contribution in [0.2, 0.25) is 0 Å². The molecule has 2 aliphatic rings. The Labute approximate surface area is 126 Å². The number of hydrogen-bond donors (Lipinski definition) is 2. The van der Waals surface area contributed by atoms with Crippen LogP contribution in [0.1, 0.15) is 31.2 Å². The van der Waals surface area contributed by atoms with E-state index in [4.69, 9.17) is 0 Å². The lowest BCUT2D eigenvalue weighted by molar-refractivity contribution is -0.121. The first-order valence-electron chi connectivity index (χ1n) is 7.52. The third-order valence-corrected chi connectivity index (χ3v) is 4.78. The maximum absolute atomic E-state index is 12.1. The fourth-order valence-electron chi connectivity index (χ4n) is 3.43. The normalized spacial score (nSPS) is 26.2. The van der Waals surface area contributed by atoms with Gasteiger partial charge in [-0.1, -0.05) is 12.1 Å². The van der Waals surface area contributed by atoms with E-state index in [0.717, 1.165) is 29.8 Å². The summed E-state index contributed by atoms with van der Waals surface area (Å²) >= 11 is 4.26. The average Bonchev–Trinajstić information content (AvgIpc) is 2.89. The van der Waals surface area contributed by atoms with Gasteiger partial charge in [0.2, 0.25) is 5.91 Å². The molecule has 2 fully saturated rings. The van der Waals surface area contributed by atoms with Gasteiger partial charge in [0.15, 0.2) is 0 Å². The van der Waals surface area contributed by atoms with Crippen molar-refractivity contribution in [3.8, 4) is 0 Å². The standard InChI is InChI=1S/C16H22N2OS/c19-16(10-12-3-5-15(20)6-4-12)17-13-7-9-18-8-1-2-14(18)11-13/h3-6,13-14,20H,1-2,7-11H2,(H,17,19). The molecule has 0 spiro atoms. The summed E-state index contributed by atoms with van der Waals surface area (Å²) in [6.45, 7) is 2.39. The number of fused-ring (bicyclic) bond motifs is 1. The number of piperidine rings is 1. The molecule has 0 saturated carbocycles. The minimum atomic E-state index is 0.147. The van der Waals surface area contributed by atoms with E-state index in [9.17, 15) is 4.79 Å². The number of thiol groups is 1. The Morgan fingerprint density at radius 3 is 2.85 bits per heavy atom. The molecule has 4 heteroatoms. The largest absolute Gasteiger partial charge is 0.353 e. The minimum absolute atomic E-state index is 0.147. The zero-order valence-corrected chi connectivity index (χ0v) is 12.6. The molecule has 2 unspecified atom stereocenters. The molecule has 0 radical (unpaired) electrons. The van der Waals surface area contributed by atoms with Gasteiger partial charge >= 0.3 is 0 Å². The van der Waals surface area contributed by atoms with Crippen molar-refractivity contribution in [3.63, 3.8) is 0 Å². The van der Waals surface area contributed by atoms with Crippen LogP contribution in [0.25, 0.3) is 0 Å². The van der Waals surface area contributed by atoms with Crippen LogP contribution in [-0.2, 0) is 11.2 Å². The van der Waals surface area contributed by atoms with Crippen LogP contribution in [0, 0.1) is 0 Å². The summed E-state index contributed by atoms with van der Waals surface area (Å²) in [6, 6.07) is 8.89. The van der Waals surface area contributed by atoms with Gasteiger partial charge in [0, 0.05) is 23.5 Å². The lowest BCUT2D eigenvalue weighted by Crippen LogP contribution is -2.47. The number of carbonyl (C=O) groups is 1. The zero-order chi connectivity index (χ0) is 13.9. The predicted octanol–water partition coefficient (Wildman–Crippen LogP) is 2.26. The van der Waals surface area contributed by atoms with E-state index >= 15 is 0 Å². The summed E-state index contributed by atoms with van der Waals surface area (Å²) in [5.41, 5.74) is 1.05. The summed E-state index contributed by atoms with van der Waals surface area (Å²) < 4.78 is 0. The topological polar surface area (TPSA) is 32.3 Å². The van der Waals surface area contributed by atoms with Crippen molar-refractivity contribution in [2.75, 3.05) is 13.1 Å². The molecule has 0 aromatic heterocycles. The van der Waals surface area contributed by atoms with E-state index in [1.54, 1.807) is 0 Å². The van der Waals surface area contributed by atoms with Crippen LogP contribution in [-0.4, -0.2) is 36.0 Å². The van der Waals surface area contributed by atoms with Crippen LogP contribution >= 0.6 is 12.6 Å². The summed E-state index contributed by atoms with van der Waals surface area (Å²) in [5.74, 6) is 0.147. The van der Waals surface area contributed by atoms with Crippen molar-refractivity contribution in [1.29, 1.82) is 0 Å². The first kappa shape index (κ1) is 14.0. The molecule has 2 saturated heterocycles. The SMILES string of the molecule is O=C(Cc1ccc(S)cc1)NC1CCN2CCCC2C1. The number of nitrogens with zero attached hydrogens (tertiary/aromatic N) is 1. The highest BCUT2D eigenvalue weighted by atomic mass is 32.1. The Morgan fingerprint density at radius 1 is 1.25 bits per heavy atom. The van der Waals surface area contributed by atoms with E-state index in [1.807, 2.05) is 24.3 Å². The molecule has 2 heterocycles. The van der Waals surface area contributed by atoms with E-state index in [2.05, 4.69) is 22.8 Å². The molecule has 2 atom stereocenters. The second kappa shape index (κ2) is 6.19. The number of benzene rings is 1. The van der Waals surface area contributed by atoms with Crippen molar-refractivity contribution in [1.82, 2.24) is 10.2 Å². The minimum Gasteiger partial charge on any atom is -0.353 e. The lowest BCUT2D eigenvalue weighted by atomic mass is 9.97. The van der Waals surface area contributed by atoms with Crippen LogP contribution in [0.5, 0.6) is 0 Å². The van der Waals surface area contributed by atoms with Crippen LogP contribution in [0.4, 0.5) is 0 Å². The fraction of sp³-hybridized carbons (Fsp3) is 0.562. The van der Waals surface area contributed by atoms with Crippen molar-refractivity contribution >= 4 is 18.5 Å². The van der Waals surface area contributed by atoms with Gasteiger partial charge in [0.1, 0.15) is 0 Å². The molecule has 1 amide bonds. The Balaban J connectivity index is 1.50. The quantitative estimate of drug-likeness (QED) is 0.837. The van der Waals surface area contributed by atoms with Gasteiger partial charge < -0.3 is 10.2 Å². The van der Waals surface area contributed by atoms with Gasteiger partial charge in [-0.05, 0) is 49.9 Å². The molecule has 108 valence electrons. The van der Waals surface area contributed by atoms with Crippen molar-refractivity contribution in [3.05, 3.63) is 29.8 Å². The Hall–Kier alpha value is -1.00. The van der Waals surface area contributed by atoms with Crippen molar-refractivity contribution in [2.45, 2.75) is 49.1 Å². The Kier molecular flexibility index (Phi) is 4.32. The van der Waals surface area contributed by atoms with Gasteiger partial charge in [0.25, 0.3) is 0 Å². The number of carbonyl (C=O) groups excluding carboxylic acids is 1. The maximum atomic E-state index is 12.1. The summed E-state index contributed by atoms with van der Waals surface area (Å²) in [5, 5.41) is 3.21. The highest BCUT2D eigenvalue weighted by Gasteiger charge is 2.32. The molecular weight excluding hydrogens is 268 g/mol. The number of amides is 1. The van der Waals surface area contributed by atoms with E-state index in [1.165, 1.54) is 19.4 Å². The number of hydrogen-bond acceptors (Lipinski definition) is 3. The van der Waals surface area contributed by atoms with Crippen LogP contribution in [0.3, 0.4) is 0 Å². The van der Waals surface area contributed by atoms with Gasteiger partial charge in [-0.15, -0.1) is 12.6 Å². The number of rotatable bonds is 3. The van der Waals surface area contributed by atoms with Crippen LogP contribution in [0.15, 0.2) is 29.2 Å². The van der Waals surface area contributed by atoms with E-state index in [0.29, 0.717) is 18.5 Å². The fourth-order valence-corrected chi connectivity index (χ4v) is 3.58. The number of nitrogens with one attached hydrogen (secondary N) is 1. The second-order valence-electron chi connectivity index (χ2n) is 5.96. The highest BCUT2D eigenvalue weighted by molar-refractivity contribution is 7.80. The third-order valence-electron chi connectivity index (χ3n) is 4.49. The molecule has 20 heavy (non-hydrogen) atoms. The van der Waals surface area contributed by atoms with Gasteiger partial charge in [-0.2, -0.15) is 0 Å². The van der Waals surface area contributed by atoms with Crippen molar-refractivity contribution < 1.29 is 4.79 Å². The average molecular weight is 290 g/mol. The molecule has 0 bridgehead atoms. The molecular formula is C16H22N2OS. The monoisotopic (exact) mass is 290 g/mol.